The first kappa shape index (κ1) is 58.0. The Morgan fingerprint density at radius 1 is 0.823 bits per heavy atom. The second-order valence-electron chi connectivity index (χ2n) is 22.3. The van der Waals surface area contributed by atoms with Gasteiger partial charge in [-0.1, -0.05) is 81.0 Å². The van der Waals surface area contributed by atoms with Crippen molar-refractivity contribution in [3.63, 3.8) is 0 Å². The lowest BCUT2D eigenvalue weighted by Crippen LogP contribution is -2.63. The van der Waals surface area contributed by atoms with Crippen LogP contribution >= 0.6 is 0 Å². The van der Waals surface area contributed by atoms with Crippen molar-refractivity contribution in [1.29, 1.82) is 0 Å². The molecule has 3 saturated carbocycles. The highest BCUT2D eigenvalue weighted by molar-refractivity contribution is 6.01. The smallest absolute Gasteiger partial charge is 0.243 e. The fraction of sp³-hybridized carbons (Fsp3) is 0.607. The summed E-state index contributed by atoms with van der Waals surface area (Å²) < 4.78 is 41.9. The van der Waals surface area contributed by atoms with E-state index in [-0.39, 0.29) is 98.6 Å². The molecule has 18 heteroatoms. The number of para-hydroxylation sites is 1. The molecular formula is C61H78N4O14. The van der Waals surface area contributed by atoms with Gasteiger partial charge in [0, 0.05) is 60.2 Å². The summed E-state index contributed by atoms with van der Waals surface area (Å²) in [5.41, 5.74) is 1.89. The third-order valence-corrected chi connectivity index (χ3v) is 17.5. The minimum atomic E-state index is -1.33. The number of fused-ring (bicyclic) bond motifs is 9. The van der Waals surface area contributed by atoms with Gasteiger partial charge in [0.25, 0.3) is 0 Å². The molecule has 9 rings (SSSR count). The Kier molecular flexibility index (Phi) is 19.3. The summed E-state index contributed by atoms with van der Waals surface area (Å²) in [4.78, 5) is 82.5. The number of ether oxygens (including phenoxy) is 7. The van der Waals surface area contributed by atoms with Crippen molar-refractivity contribution in [2.24, 2.45) is 28.6 Å². The fourth-order valence-electron chi connectivity index (χ4n) is 13.7. The average molecular weight is 1090 g/mol. The average Bonchev–Trinajstić information content (AvgIpc) is 4.21. The number of ketones is 2. The van der Waals surface area contributed by atoms with E-state index in [1.54, 1.807) is 22.0 Å². The topological polar surface area (TPSA) is 218 Å². The molecule has 18 nitrogen and oxygen atoms in total. The molecule has 3 N–H and O–H groups in total. The predicted octanol–water partition coefficient (Wildman–Crippen LogP) is 5.11. The molecular weight excluding hydrogens is 1010 g/mol. The Morgan fingerprint density at radius 2 is 1.52 bits per heavy atom. The molecule has 2 aromatic carbocycles. The van der Waals surface area contributed by atoms with Gasteiger partial charge in [-0.2, -0.15) is 0 Å². The monoisotopic (exact) mass is 1090 g/mol. The summed E-state index contributed by atoms with van der Waals surface area (Å²) in [6, 6.07) is 15.3. The summed E-state index contributed by atoms with van der Waals surface area (Å²) in [5.74, 6) is 5.14. The van der Waals surface area contributed by atoms with Gasteiger partial charge in [0.1, 0.15) is 12.8 Å². The minimum absolute atomic E-state index is 0.0171. The van der Waals surface area contributed by atoms with Crippen LogP contribution in [0.5, 0.6) is 0 Å². The number of carbonyl (C=O) groups is 6. The van der Waals surface area contributed by atoms with E-state index >= 15 is 0 Å². The van der Waals surface area contributed by atoms with Crippen LogP contribution in [0.15, 0.2) is 72.3 Å². The Morgan fingerprint density at radius 3 is 2.29 bits per heavy atom. The van der Waals surface area contributed by atoms with E-state index in [1.165, 1.54) is 0 Å². The van der Waals surface area contributed by atoms with Crippen LogP contribution in [-0.2, 0) is 68.5 Å². The Hall–Kier alpha value is -5.62. The quantitative estimate of drug-likeness (QED) is 0.0825. The highest BCUT2D eigenvalue weighted by Gasteiger charge is 2.76. The zero-order valence-corrected chi connectivity index (χ0v) is 46.0. The first-order chi connectivity index (χ1) is 38.3. The van der Waals surface area contributed by atoms with Gasteiger partial charge in [0.2, 0.25) is 23.6 Å². The number of hydrogen-bond acceptors (Lipinski definition) is 14. The number of benzene rings is 2. The van der Waals surface area contributed by atoms with Crippen molar-refractivity contribution in [3.05, 3.63) is 89.0 Å². The van der Waals surface area contributed by atoms with E-state index in [9.17, 15) is 33.9 Å². The summed E-state index contributed by atoms with van der Waals surface area (Å²) in [6.45, 7) is 9.27. The van der Waals surface area contributed by atoms with Gasteiger partial charge in [-0.05, 0) is 92.7 Å². The molecule has 10 atom stereocenters. The molecule has 426 valence electrons. The van der Waals surface area contributed by atoms with Gasteiger partial charge in [-0.25, -0.2) is 0 Å². The zero-order chi connectivity index (χ0) is 55.6. The van der Waals surface area contributed by atoms with E-state index in [2.05, 4.69) is 36.3 Å². The zero-order valence-electron chi connectivity index (χ0n) is 46.0. The van der Waals surface area contributed by atoms with Crippen LogP contribution in [-0.4, -0.2) is 155 Å². The van der Waals surface area contributed by atoms with E-state index in [0.717, 1.165) is 47.2 Å². The number of carbonyl (C=O) groups excluding carboxylic acids is 6. The maximum absolute atomic E-state index is 14.8. The second kappa shape index (κ2) is 26.3. The van der Waals surface area contributed by atoms with Crippen LogP contribution in [0.4, 0.5) is 5.69 Å². The highest BCUT2D eigenvalue weighted by atomic mass is 16.7. The Bertz CT molecular complexity index is 2680. The molecule has 3 aliphatic heterocycles. The Balaban J connectivity index is 0.605. The molecule has 0 aromatic heterocycles. The number of anilines is 1. The number of allylic oxidation sites excluding steroid dienone is 4. The van der Waals surface area contributed by atoms with Gasteiger partial charge in [0.15, 0.2) is 23.5 Å². The van der Waals surface area contributed by atoms with Gasteiger partial charge >= 0.3 is 0 Å². The van der Waals surface area contributed by atoms with Crippen LogP contribution in [0.1, 0.15) is 108 Å². The van der Waals surface area contributed by atoms with E-state index < -0.39 is 41.2 Å². The first-order valence-electron chi connectivity index (χ1n) is 28.5. The number of amides is 4. The molecule has 5 fully saturated rings. The molecule has 4 aliphatic carbocycles. The molecule has 0 bridgehead atoms. The lowest BCUT2D eigenvalue weighted by molar-refractivity contribution is -0.203. The predicted molar refractivity (Wildman–Crippen MR) is 290 cm³/mol. The number of aliphatic hydroxyl groups excluding tert-OH is 1. The van der Waals surface area contributed by atoms with Gasteiger partial charge in [-0.15, -0.1) is 0 Å². The standard InChI is InChI=1S/C61H78N4O14/c1-4-10-57-78-51-36-47-46-19-18-44-35-45(66)22-24-59(44,2)58(46)49(67)37-60(47,3)61(51,79-57)50(68)40-77-56-15-9-26-64(56)55(72)38-63-53(70)23-27-73-29-31-75-33-34-76-32-30-74-28-25-62-52(69)20-21-54(71)65-39-43-13-6-5-11-41(43)16-17-42-12-7-8-14-48(42)65/h5-8,11-14,22,24,35,46-47,49,51,56-58,67H,4,9-10,15,18-21,23,25-34,36-40H2,1-3H3,(H,62,69)(H,63,70)/t46-,47-,49-,51+,56?,57?,58+,59-,60-,61+/m0/s1. The fourth-order valence-corrected chi connectivity index (χ4v) is 13.7. The number of rotatable bonds is 26. The van der Waals surface area contributed by atoms with Gasteiger partial charge in [-0.3, -0.25) is 28.8 Å². The lowest BCUT2D eigenvalue weighted by atomic mass is 9.46. The molecule has 0 radical (unpaired) electrons. The number of aliphatic hydroxyl groups is 1. The number of likely N-dealkylation sites (tertiary alicyclic amines) is 1. The van der Waals surface area contributed by atoms with Crippen molar-refractivity contribution >= 4 is 40.9 Å². The second-order valence-corrected chi connectivity index (χ2v) is 22.3. The maximum Gasteiger partial charge on any atom is 0.243 e. The summed E-state index contributed by atoms with van der Waals surface area (Å²) >= 11 is 0. The molecule has 2 saturated heterocycles. The first-order valence-corrected chi connectivity index (χ1v) is 28.5. The van der Waals surface area contributed by atoms with Crippen LogP contribution in [0, 0.1) is 40.4 Å². The number of nitrogens with one attached hydrogen (secondary N) is 2. The normalized spacial score (nSPS) is 29.1. The third-order valence-electron chi connectivity index (χ3n) is 17.5. The molecule has 4 amide bonds. The van der Waals surface area contributed by atoms with Crippen LogP contribution < -0.4 is 15.5 Å². The Labute approximate surface area is 463 Å². The summed E-state index contributed by atoms with van der Waals surface area (Å²) in [6.07, 6.45) is 8.29. The van der Waals surface area contributed by atoms with Crippen LogP contribution in [0.2, 0.25) is 0 Å². The van der Waals surface area contributed by atoms with Gasteiger partial charge in [0.05, 0.1) is 83.8 Å². The molecule has 2 aromatic rings. The van der Waals surface area contributed by atoms with Crippen molar-refractivity contribution < 1.29 is 67.0 Å². The molecule has 0 spiro atoms. The van der Waals surface area contributed by atoms with E-state index in [1.807, 2.05) is 61.5 Å². The maximum atomic E-state index is 14.8. The SMILES string of the molecule is CCCC1O[C@@H]2C[C@H]3[C@@H]4CCC5=CC(=O)C=C[C@]5(C)[C@H]4[C@@H](O)C[C@]3(C)[C@]2(C(=O)COC2CCCN2C(=O)CNC(=O)CCOCCOCCOCCOCCNC(=O)CCC(=O)N2Cc3ccccc3C#Cc3ccccc32)O1. The third kappa shape index (κ3) is 12.8. The van der Waals surface area contributed by atoms with Crippen molar-refractivity contribution in [2.45, 2.75) is 128 Å². The molecule has 7 aliphatic rings. The molecule has 79 heavy (non-hydrogen) atoms. The van der Waals surface area contributed by atoms with Crippen molar-refractivity contribution in [3.8, 4) is 11.8 Å². The summed E-state index contributed by atoms with van der Waals surface area (Å²) in [5, 5.41) is 17.6. The highest BCUT2D eigenvalue weighted by Crippen LogP contribution is 2.69. The number of nitrogens with zero attached hydrogens (tertiary/aromatic N) is 2. The van der Waals surface area contributed by atoms with Crippen molar-refractivity contribution in [1.82, 2.24) is 15.5 Å². The minimum Gasteiger partial charge on any atom is -0.393 e. The lowest BCUT2D eigenvalue weighted by Gasteiger charge is -2.59. The van der Waals surface area contributed by atoms with E-state index in [0.29, 0.717) is 91.4 Å². The van der Waals surface area contributed by atoms with Gasteiger partial charge < -0.3 is 58.7 Å². The number of hydrogen-bond donors (Lipinski definition) is 3. The largest absolute Gasteiger partial charge is 0.393 e. The van der Waals surface area contributed by atoms with Crippen molar-refractivity contribution in [2.75, 3.05) is 84.0 Å². The molecule has 2 unspecified atom stereocenters. The van der Waals surface area contributed by atoms with E-state index in [4.69, 9.17) is 33.2 Å². The molecule has 3 heterocycles. The summed E-state index contributed by atoms with van der Waals surface area (Å²) in [7, 11) is 0. The van der Waals surface area contributed by atoms with Crippen LogP contribution in [0.3, 0.4) is 0 Å². The van der Waals surface area contributed by atoms with Crippen LogP contribution in [0.25, 0.3) is 0 Å². The number of Topliss-reactive ketones (excluding diaryl/α,β-unsaturated/α-hetero) is 1.